The van der Waals surface area contributed by atoms with Crippen molar-refractivity contribution >= 4 is 17.0 Å². The molecule has 0 amide bonds. The number of aliphatic carboxylic acids is 1. The summed E-state index contributed by atoms with van der Waals surface area (Å²) < 4.78 is 21.8. The lowest BCUT2D eigenvalue weighted by Crippen LogP contribution is -2.54. The number of rotatable bonds is 2. The zero-order valence-corrected chi connectivity index (χ0v) is 8.75. The molecular formula is C7H9O8S-. The average Bonchev–Trinajstić information content (AvgIpc) is 2.27. The van der Waals surface area contributed by atoms with Gasteiger partial charge in [0.05, 0.1) is 11.2 Å². The van der Waals surface area contributed by atoms with E-state index in [4.69, 9.17) is 5.11 Å². The fourth-order valence-corrected chi connectivity index (χ4v) is 2.69. The van der Waals surface area contributed by atoms with Crippen LogP contribution in [0.25, 0.3) is 0 Å². The number of hydrogen-bond acceptors (Lipinski definition) is 7. The van der Waals surface area contributed by atoms with Crippen LogP contribution >= 0.6 is 0 Å². The van der Waals surface area contributed by atoms with Crippen molar-refractivity contribution in [3.63, 3.8) is 0 Å². The molecular weight excluding hydrogens is 244 g/mol. The normalized spacial score (nSPS) is 41.1. The quantitative estimate of drug-likeness (QED) is 0.507. The summed E-state index contributed by atoms with van der Waals surface area (Å²) in [6.45, 7) is 0. The third-order valence-corrected chi connectivity index (χ3v) is 3.74. The molecule has 1 saturated heterocycles. The van der Waals surface area contributed by atoms with Gasteiger partial charge in [-0.2, -0.15) is 9.78 Å². The predicted octanol–water partition coefficient (Wildman–Crippen LogP) is -0.709. The molecule has 0 aromatic heterocycles. The molecule has 5 unspecified atom stereocenters. The molecule has 0 aromatic rings. The molecule has 2 rings (SSSR count). The van der Waals surface area contributed by atoms with Crippen LogP contribution in [0.15, 0.2) is 0 Å². The van der Waals surface area contributed by atoms with Crippen LogP contribution in [0, 0.1) is 5.92 Å². The van der Waals surface area contributed by atoms with Crippen LogP contribution in [0.4, 0.5) is 0 Å². The van der Waals surface area contributed by atoms with Crippen molar-refractivity contribution in [2.45, 2.75) is 30.3 Å². The highest BCUT2D eigenvalue weighted by molar-refractivity contribution is 7.79. The van der Waals surface area contributed by atoms with E-state index >= 15 is 0 Å². The highest BCUT2D eigenvalue weighted by Crippen LogP contribution is 2.34. The summed E-state index contributed by atoms with van der Waals surface area (Å²) in [7, 11) is 0. The van der Waals surface area contributed by atoms with Gasteiger partial charge < -0.3 is 9.66 Å². The van der Waals surface area contributed by atoms with E-state index in [0.717, 1.165) is 0 Å². The molecule has 0 spiro atoms. The molecule has 1 aliphatic heterocycles. The minimum absolute atomic E-state index is 0.182. The van der Waals surface area contributed by atoms with Crippen LogP contribution in [-0.4, -0.2) is 37.3 Å². The van der Waals surface area contributed by atoms with Crippen LogP contribution in [0.1, 0.15) is 12.8 Å². The van der Waals surface area contributed by atoms with Crippen molar-refractivity contribution < 1.29 is 38.5 Å². The van der Waals surface area contributed by atoms with Gasteiger partial charge in [0.1, 0.15) is 12.2 Å². The molecule has 92 valence electrons. The summed E-state index contributed by atoms with van der Waals surface area (Å²) in [6.07, 6.45) is -1.60. The van der Waals surface area contributed by atoms with Crippen molar-refractivity contribution in [2.24, 2.45) is 5.92 Å². The van der Waals surface area contributed by atoms with Gasteiger partial charge in [0.25, 0.3) is 0 Å². The van der Waals surface area contributed by atoms with Gasteiger partial charge in [0.15, 0.2) is 0 Å². The second kappa shape index (κ2) is 4.73. The number of hydrogen-bond donors (Lipinski definition) is 1. The van der Waals surface area contributed by atoms with Gasteiger partial charge in [-0.05, 0) is 34.0 Å². The standard InChI is InChI=1S/C7H10O8S/c8-7(9)3-1-2-4(16(10)11)6-5(3)12-14-15-13-6/h3-6H,1-2H2,(H,8,9)(H,10,11)/p-1. The predicted molar refractivity (Wildman–Crippen MR) is 45.0 cm³/mol. The third-order valence-electron chi connectivity index (χ3n) is 2.74. The summed E-state index contributed by atoms with van der Waals surface area (Å²) in [6, 6.07) is 0. The first-order valence-corrected chi connectivity index (χ1v) is 5.71. The van der Waals surface area contributed by atoms with E-state index in [9.17, 15) is 13.6 Å². The zero-order chi connectivity index (χ0) is 11.7. The summed E-state index contributed by atoms with van der Waals surface area (Å²) in [5.41, 5.74) is 0. The van der Waals surface area contributed by atoms with Crippen molar-refractivity contribution in [1.29, 1.82) is 0 Å². The van der Waals surface area contributed by atoms with Gasteiger partial charge in [0.2, 0.25) is 0 Å². The first kappa shape index (κ1) is 11.9. The SMILES string of the molecule is O=C(O)C1CCC(S(=O)[O-])C2OOOOC12. The van der Waals surface area contributed by atoms with Gasteiger partial charge in [-0.1, -0.05) is 0 Å². The van der Waals surface area contributed by atoms with Crippen LogP contribution in [0.5, 0.6) is 0 Å². The first-order valence-electron chi connectivity index (χ1n) is 4.57. The van der Waals surface area contributed by atoms with E-state index in [0.29, 0.717) is 0 Å². The summed E-state index contributed by atoms with van der Waals surface area (Å²) in [4.78, 5) is 20.2. The largest absolute Gasteiger partial charge is 0.772 e. The maximum atomic E-state index is 10.9. The highest BCUT2D eigenvalue weighted by Gasteiger charge is 2.49. The Kier molecular flexibility index (Phi) is 3.52. The molecule has 0 aromatic carbocycles. The summed E-state index contributed by atoms with van der Waals surface area (Å²) in [5.74, 6) is -1.95. The van der Waals surface area contributed by atoms with Crippen LogP contribution in [0.3, 0.4) is 0 Å². The van der Waals surface area contributed by atoms with E-state index in [-0.39, 0.29) is 12.8 Å². The minimum atomic E-state index is -2.38. The van der Waals surface area contributed by atoms with E-state index in [1.54, 1.807) is 0 Å². The molecule has 1 N–H and O–H groups in total. The number of fused-ring (bicyclic) bond motifs is 1. The molecule has 5 atom stereocenters. The first-order chi connectivity index (χ1) is 7.61. The van der Waals surface area contributed by atoms with Gasteiger partial charge in [-0.15, -0.1) is 0 Å². The molecule has 0 bridgehead atoms. The van der Waals surface area contributed by atoms with Crippen LogP contribution < -0.4 is 0 Å². The maximum Gasteiger partial charge on any atom is 0.309 e. The van der Waals surface area contributed by atoms with E-state index < -0.39 is 40.4 Å². The molecule has 1 aliphatic carbocycles. The molecule has 16 heavy (non-hydrogen) atoms. The molecule has 9 heteroatoms. The van der Waals surface area contributed by atoms with Gasteiger partial charge >= 0.3 is 5.97 Å². The lowest BCUT2D eigenvalue weighted by atomic mass is 9.84. The molecule has 2 aliphatic rings. The van der Waals surface area contributed by atoms with Crippen molar-refractivity contribution in [1.82, 2.24) is 0 Å². The topological polar surface area (TPSA) is 114 Å². The van der Waals surface area contributed by atoms with Gasteiger partial charge in [-0.3, -0.25) is 9.00 Å². The smallest absolute Gasteiger partial charge is 0.309 e. The fraction of sp³-hybridized carbons (Fsp3) is 0.857. The third kappa shape index (κ3) is 2.10. The highest BCUT2D eigenvalue weighted by atomic mass is 32.2. The van der Waals surface area contributed by atoms with E-state index in [1.807, 2.05) is 0 Å². The van der Waals surface area contributed by atoms with E-state index in [2.05, 4.69) is 19.9 Å². The fourth-order valence-electron chi connectivity index (χ4n) is 1.94. The second-order valence-corrected chi connectivity index (χ2v) is 4.71. The number of carboxylic acid groups (broad SMARTS) is 1. The van der Waals surface area contributed by atoms with Crippen LogP contribution in [-0.2, 0) is 35.7 Å². The van der Waals surface area contributed by atoms with Crippen molar-refractivity contribution in [3.05, 3.63) is 0 Å². The van der Waals surface area contributed by atoms with Gasteiger partial charge in [-0.25, -0.2) is 0 Å². The summed E-state index contributed by atoms with van der Waals surface area (Å²) >= 11 is -2.38. The number of carbonyl (C=O) groups is 1. The average molecular weight is 253 g/mol. The Labute approximate surface area is 92.5 Å². The minimum Gasteiger partial charge on any atom is -0.772 e. The summed E-state index contributed by atoms with van der Waals surface area (Å²) in [5, 5.41) is 16.2. The molecule has 0 radical (unpaired) electrons. The Balaban J connectivity index is 2.17. The maximum absolute atomic E-state index is 10.9. The molecule has 2 fully saturated rings. The zero-order valence-electron chi connectivity index (χ0n) is 7.94. The Hall–Kier alpha value is -0.580. The van der Waals surface area contributed by atoms with Crippen molar-refractivity contribution in [3.8, 4) is 0 Å². The lowest BCUT2D eigenvalue weighted by Gasteiger charge is -2.40. The monoisotopic (exact) mass is 253 g/mol. The Morgan fingerprint density at radius 3 is 2.44 bits per heavy atom. The van der Waals surface area contributed by atoms with Crippen LogP contribution in [0.2, 0.25) is 0 Å². The lowest BCUT2D eigenvalue weighted by molar-refractivity contribution is -0.691. The molecule has 8 nitrogen and oxygen atoms in total. The molecule has 1 heterocycles. The van der Waals surface area contributed by atoms with E-state index in [1.165, 1.54) is 0 Å². The Morgan fingerprint density at radius 2 is 1.88 bits per heavy atom. The molecule has 1 saturated carbocycles. The van der Waals surface area contributed by atoms with Crippen molar-refractivity contribution in [2.75, 3.05) is 0 Å². The number of carboxylic acids is 1. The Bertz CT molecular complexity index is 277. The second-order valence-electron chi connectivity index (χ2n) is 3.58. The Morgan fingerprint density at radius 1 is 1.25 bits per heavy atom. The van der Waals surface area contributed by atoms with Gasteiger partial charge in [0, 0.05) is 0 Å².